The molecule has 0 saturated heterocycles. The van der Waals surface area contributed by atoms with Crippen LogP contribution in [0.5, 0.6) is 5.75 Å². The van der Waals surface area contributed by atoms with Gasteiger partial charge in [-0.1, -0.05) is 12.1 Å². The van der Waals surface area contributed by atoms with Crippen molar-refractivity contribution in [3.8, 4) is 5.75 Å². The Morgan fingerprint density at radius 3 is 2.57 bits per heavy atom. The Kier molecular flexibility index (Phi) is 7.25. The molecule has 2 aromatic carbocycles. The lowest BCUT2D eigenvalue weighted by Gasteiger charge is -2.16. The van der Waals surface area contributed by atoms with Crippen LogP contribution in [0, 0.1) is 17.5 Å². The van der Waals surface area contributed by atoms with Gasteiger partial charge in [0.25, 0.3) is 0 Å². The fourth-order valence-electron chi connectivity index (χ4n) is 2.35. The van der Waals surface area contributed by atoms with Crippen LogP contribution in [0.25, 0.3) is 0 Å². The summed E-state index contributed by atoms with van der Waals surface area (Å²) >= 11 is 0. The van der Waals surface area contributed by atoms with E-state index in [0.717, 1.165) is 11.6 Å². The summed E-state index contributed by atoms with van der Waals surface area (Å²) in [5.74, 6) is -4.70. The predicted molar refractivity (Wildman–Crippen MR) is 97.5 cm³/mol. The molecular weight excluding hydrogens is 375 g/mol. The van der Waals surface area contributed by atoms with Gasteiger partial charge in [-0.15, -0.1) is 0 Å². The summed E-state index contributed by atoms with van der Waals surface area (Å²) in [6.07, 6.45) is 0. The molecule has 2 aromatic rings. The average Bonchev–Trinajstić information content (AvgIpc) is 2.67. The third-order valence-corrected chi connectivity index (χ3v) is 3.74. The molecular formula is C19H20F3N3O3. The summed E-state index contributed by atoms with van der Waals surface area (Å²) in [6, 6.07) is 7.76. The van der Waals surface area contributed by atoms with E-state index < -0.39 is 41.6 Å². The maximum absolute atomic E-state index is 13.5. The standard InChI is InChI=1S/C19H20F3N3O3/c1-3-28-13-6-4-5-12(9-13)11(2)24-19(27)23-10-16(26)25-15-8-7-14(20)17(21)18(15)22/h4-9,11H,3,10H2,1-2H3,(H,25,26)(H2,23,24,27). The zero-order valence-electron chi connectivity index (χ0n) is 15.3. The van der Waals surface area contributed by atoms with Gasteiger partial charge in [0, 0.05) is 0 Å². The molecule has 0 aliphatic carbocycles. The van der Waals surface area contributed by atoms with Crippen LogP contribution in [0.1, 0.15) is 25.5 Å². The number of carbonyl (C=O) groups is 2. The predicted octanol–water partition coefficient (Wildman–Crippen LogP) is 3.50. The van der Waals surface area contributed by atoms with Crippen molar-refractivity contribution >= 4 is 17.6 Å². The average molecular weight is 395 g/mol. The van der Waals surface area contributed by atoms with E-state index in [2.05, 4.69) is 16.0 Å². The summed E-state index contributed by atoms with van der Waals surface area (Å²) < 4.78 is 45.0. The zero-order valence-corrected chi connectivity index (χ0v) is 15.3. The van der Waals surface area contributed by atoms with Crippen LogP contribution < -0.4 is 20.7 Å². The highest BCUT2D eigenvalue weighted by atomic mass is 19.2. The van der Waals surface area contributed by atoms with E-state index in [9.17, 15) is 22.8 Å². The van der Waals surface area contributed by atoms with E-state index in [0.29, 0.717) is 18.4 Å². The summed E-state index contributed by atoms with van der Waals surface area (Å²) in [7, 11) is 0. The van der Waals surface area contributed by atoms with Crippen molar-refractivity contribution in [2.24, 2.45) is 0 Å². The van der Waals surface area contributed by atoms with Gasteiger partial charge >= 0.3 is 6.03 Å². The maximum Gasteiger partial charge on any atom is 0.315 e. The number of anilines is 1. The number of amides is 3. The monoisotopic (exact) mass is 395 g/mol. The number of hydrogen-bond donors (Lipinski definition) is 3. The number of hydrogen-bond acceptors (Lipinski definition) is 3. The minimum atomic E-state index is -1.69. The molecule has 150 valence electrons. The number of carbonyl (C=O) groups excluding carboxylic acids is 2. The van der Waals surface area contributed by atoms with Crippen LogP contribution in [0.3, 0.4) is 0 Å². The molecule has 0 aliphatic rings. The van der Waals surface area contributed by atoms with Crippen molar-refractivity contribution in [2.75, 3.05) is 18.5 Å². The maximum atomic E-state index is 13.5. The van der Waals surface area contributed by atoms with Crippen LogP contribution >= 0.6 is 0 Å². The second-order valence-electron chi connectivity index (χ2n) is 5.83. The Morgan fingerprint density at radius 1 is 1.11 bits per heavy atom. The molecule has 1 atom stereocenters. The van der Waals surface area contributed by atoms with Crippen molar-refractivity contribution in [1.29, 1.82) is 0 Å². The topological polar surface area (TPSA) is 79.5 Å². The molecule has 3 amide bonds. The normalized spacial score (nSPS) is 11.5. The van der Waals surface area contributed by atoms with Gasteiger partial charge in [-0.2, -0.15) is 0 Å². The second-order valence-corrected chi connectivity index (χ2v) is 5.83. The molecule has 0 bridgehead atoms. The number of benzene rings is 2. The molecule has 3 N–H and O–H groups in total. The Morgan fingerprint density at radius 2 is 1.86 bits per heavy atom. The molecule has 0 saturated carbocycles. The Hall–Kier alpha value is -3.23. The van der Waals surface area contributed by atoms with Crippen molar-refractivity contribution in [1.82, 2.24) is 10.6 Å². The van der Waals surface area contributed by atoms with Crippen molar-refractivity contribution < 1.29 is 27.5 Å². The minimum absolute atomic E-state index is 0.368. The first-order chi connectivity index (χ1) is 13.3. The van der Waals surface area contributed by atoms with E-state index in [1.807, 2.05) is 13.0 Å². The Balaban J connectivity index is 1.85. The largest absolute Gasteiger partial charge is 0.494 e. The third kappa shape index (κ3) is 5.63. The molecule has 2 rings (SSSR count). The molecule has 0 fully saturated rings. The highest BCUT2D eigenvalue weighted by Crippen LogP contribution is 2.20. The van der Waals surface area contributed by atoms with Gasteiger partial charge in [-0.3, -0.25) is 4.79 Å². The lowest BCUT2D eigenvalue weighted by Crippen LogP contribution is -2.41. The van der Waals surface area contributed by atoms with Crippen LogP contribution in [-0.4, -0.2) is 25.1 Å². The number of halogens is 3. The molecule has 9 heteroatoms. The summed E-state index contributed by atoms with van der Waals surface area (Å²) in [6.45, 7) is 3.63. The molecule has 0 heterocycles. The van der Waals surface area contributed by atoms with E-state index in [-0.39, 0.29) is 6.04 Å². The van der Waals surface area contributed by atoms with Gasteiger partial charge in [-0.25, -0.2) is 18.0 Å². The highest BCUT2D eigenvalue weighted by Gasteiger charge is 2.16. The lowest BCUT2D eigenvalue weighted by atomic mass is 10.1. The first-order valence-electron chi connectivity index (χ1n) is 8.52. The summed E-state index contributed by atoms with van der Waals surface area (Å²) in [4.78, 5) is 23.7. The molecule has 1 unspecified atom stereocenters. The molecule has 6 nitrogen and oxygen atoms in total. The van der Waals surface area contributed by atoms with Crippen molar-refractivity contribution in [2.45, 2.75) is 19.9 Å². The summed E-state index contributed by atoms with van der Waals surface area (Å²) in [5.41, 5.74) is 0.279. The second kappa shape index (κ2) is 9.63. The Labute approximate surface area is 160 Å². The molecule has 0 aliphatic heterocycles. The van der Waals surface area contributed by atoms with Crippen molar-refractivity contribution in [3.63, 3.8) is 0 Å². The van der Waals surface area contributed by atoms with Crippen LogP contribution in [0.2, 0.25) is 0 Å². The zero-order chi connectivity index (χ0) is 20.7. The van der Waals surface area contributed by atoms with Crippen molar-refractivity contribution in [3.05, 3.63) is 59.4 Å². The first kappa shape index (κ1) is 21.1. The fourth-order valence-corrected chi connectivity index (χ4v) is 2.35. The smallest absolute Gasteiger partial charge is 0.315 e. The van der Waals surface area contributed by atoms with Crippen LogP contribution in [-0.2, 0) is 4.79 Å². The summed E-state index contributed by atoms with van der Waals surface area (Å²) in [5, 5.41) is 7.01. The Bertz CT molecular complexity index is 862. The lowest BCUT2D eigenvalue weighted by molar-refractivity contribution is -0.115. The molecule has 0 radical (unpaired) electrons. The fraction of sp³-hybridized carbons (Fsp3) is 0.263. The van der Waals surface area contributed by atoms with Gasteiger partial charge in [0.05, 0.1) is 24.9 Å². The number of urea groups is 1. The van der Waals surface area contributed by atoms with Gasteiger partial charge in [0.2, 0.25) is 5.91 Å². The number of rotatable bonds is 7. The van der Waals surface area contributed by atoms with E-state index in [1.165, 1.54) is 0 Å². The van der Waals surface area contributed by atoms with E-state index >= 15 is 0 Å². The van der Waals surface area contributed by atoms with Crippen LogP contribution in [0.15, 0.2) is 36.4 Å². The van der Waals surface area contributed by atoms with Gasteiger partial charge in [0.15, 0.2) is 17.5 Å². The minimum Gasteiger partial charge on any atom is -0.494 e. The quantitative estimate of drug-likeness (QED) is 0.628. The van der Waals surface area contributed by atoms with E-state index in [1.54, 1.807) is 25.1 Å². The molecule has 28 heavy (non-hydrogen) atoms. The van der Waals surface area contributed by atoms with Gasteiger partial charge < -0.3 is 20.7 Å². The highest BCUT2D eigenvalue weighted by molar-refractivity contribution is 5.94. The van der Waals surface area contributed by atoms with Gasteiger partial charge in [-0.05, 0) is 43.7 Å². The van der Waals surface area contributed by atoms with E-state index in [4.69, 9.17) is 4.74 Å². The third-order valence-electron chi connectivity index (χ3n) is 3.74. The number of ether oxygens (including phenoxy) is 1. The first-order valence-corrected chi connectivity index (χ1v) is 8.52. The molecule has 0 spiro atoms. The van der Waals surface area contributed by atoms with Gasteiger partial charge in [0.1, 0.15) is 5.75 Å². The van der Waals surface area contributed by atoms with Crippen LogP contribution in [0.4, 0.5) is 23.7 Å². The SMILES string of the molecule is CCOc1cccc(C(C)NC(=O)NCC(=O)Nc2ccc(F)c(F)c2F)c1. The number of nitrogens with one attached hydrogen (secondary N) is 3. The molecule has 0 aromatic heterocycles.